The maximum Gasteiger partial charge on any atom is 0.320 e. The lowest BCUT2D eigenvalue weighted by atomic mass is 9.84. The van der Waals surface area contributed by atoms with Gasteiger partial charge in [-0.25, -0.2) is 4.79 Å². The molecule has 2 aromatic rings. The highest BCUT2D eigenvalue weighted by Gasteiger charge is 2.34. The van der Waals surface area contributed by atoms with Crippen LogP contribution in [0.4, 0.5) is 9.80 Å². The number of anilines is 1. The van der Waals surface area contributed by atoms with Crippen molar-refractivity contribution in [2.45, 2.75) is 18.9 Å². The zero-order valence-corrected chi connectivity index (χ0v) is 12.7. The second-order valence-electron chi connectivity index (χ2n) is 5.99. The van der Waals surface area contributed by atoms with E-state index in [0.717, 1.165) is 11.5 Å². The van der Waals surface area contributed by atoms with E-state index in [-0.39, 0.29) is 6.03 Å². The van der Waals surface area contributed by atoms with Gasteiger partial charge in [-0.3, -0.25) is 5.32 Å². The molecule has 4 heterocycles. The van der Waals surface area contributed by atoms with E-state index in [1.54, 1.807) is 11.3 Å². The Hall–Kier alpha value is -1.59. The molecule has 1 aromatic heterocycles. The summed E-state index contributed by atoms with van der Waals surface area (Å²) in [6, 6.07) is 10.5. The average Bonchev–Trinajstić information content (AvgIpc) is 2.90. The number of carbonyl (C=O) groups excluding carboxylic acids is 1. The molecule has 2 amide bonds. The van der Waals surface area contributed by atoms with Crippen LogP contribution in [0.25, 0.3) is 10.1 Å². The first-order valence-corrected chi connectivity index (χ1v) is 8.38. The number of carbonyl (C=O) groups is 1. The second-order valence-corrected chi connectivity index (χ2v) is 7.08. The third-order valence-corrected chi connectivity index (χ3v) is 5.67. The van der Waals surface area contributed by atoms with Gasteiger partial charge in [0.1, 0.15) is 0 Å². The third-order valence-electron chi connectivity index (χ3n) is 4.63. The van der Waals surface area contributed by atoms with Crippen LogP contribution in [0.3, 0.4) is 0 Å². The fourth-order valence-corrected chi connectivity index (χ4v) is 4.45. The van der Waals surface area contributed by atoms with Gasteiger partial charge in [0, 0.05) is 17.3 Å². The van der Waals surface area contributed by atoms with Crippen LogP contribution in [0.5, 0.6) is 0 Å². The van der Waals surface area contributed by atoms with Gasteiger partial charge in [0.2, 0.25) is 0 Å². The monoisotopic (exact) mass is 301 g/mol. The minimum atomic E-state index is -0.0692. The summed E-state index contributed by atoms with van der Waals surface area (Å²) >= 11 is 1.62. The van der Waals surface area contributed by atoms with Crippen LogP contribution in [-0.4, -0.2) is 36.6 Å². The van der Waals surface area contributed by atoms with Crippen molar-refractivity contribution in [3.05, 3.63) is 30.3 Å². The molecule has 1 aromatic carbocycles. The molecule has 3 fully saturated rings. The first kappa shape index (κ1) is 13.1. The largest absolute Gasteiger partial charge is 0.334 e. The van der Waals surface area contributed by atoms with Crippen LogP contribution >= 0.6 is 11.3 Å². The predicted molar refractivity (Wildman–Crippen MR) is 86.9 cm³/mol. The number of urea groups is 1. The first-order valence-electron chi connectivity index (χ1n) is 7.56. The van der Waals surface area contributed by atoms with E-state index >= 15 is 0 Å². The van der Waals surface area contributed by atoms with E-state index in [2.05, 4.69) is 27.7 Å². The number of hydrogen-bond acceptors (Lipinski definition) is 3. The summed E-state index contributed by atoms with van der Waals surface area (Å²) < 4.78 is 1.20. The van der Waals surface area contributed by atoms with Crippen LogP contribution in [0.1, 0.15) is 12.8 Å². The van der Waals surface area contributed by atoms with Crippen molar-refractivity contribution in [1.82, 2.24) is 10.2 Å². The molecule has 0 saturated carbocycles. The quantitative estimate of drug-likeness (QED) is 0.895. The number of nitrogens with one attached hydrogen (secondary N) is 2. The van der Waals surface area contributed by atoms with Gasteiger partial charge in [-0.1, -0.05) is 18.2 Å². The highest BCUT2D eigenvalue weighted by molar-refractivity contribution is 7.22. The fourth-order valence-electron chi connectivity index (χ4n) is 3.49. The van der Waals surface area contributed by atoms with Crippen molar-refractivity contribution >= 4 is 32.5 Å². The van der Waals surface area contributed by atoms with Gasteiger partial charge >= 0.3 is 6.03 Å². The Balaban J connectivity index is 1.41. The van der Waals surface area contributed by atoms with Gasteiger partial charge in [0.15, 0.2) is 0 Å². The zero-order chi connectivity index (χ0) is 14.2. The first-order chi connectivity index (χ1) is 10.3. The number of thiophene rings is 1. The molecule has 2 bridgehead atoms. The SMILES string of the molecule is O=C(Nc1cc2ccccc2s1)N[C@H]1CN2CCC1CC2. The molecule has 5 rings (SSSR count). The van der Waals surface area contributed by atoms with Gasteiger partial charge in [0.05, 0.1) is 5.00 Å². The molecule has 1 atom stereocenters. The number of amides is 2. The molecule has 3 aliphatic rings. The molecule has 2 N–H and O–H groups in total. The number of hydrogen-bond donors (Lipinski definition) is 2. The molecule has 3 aliphatic heterocycles. The molecule has 0 spiro atoms. The number of nitrogens with zero attached hydrogens (tertiary/aromatic N) is 1. The summed E-state index contributed by atoms with van der Waals surface area (Å²) in [5, 5.41) is 8.24. The molecule has 21 heavy (non-hydrogen) atoms. The van der Waals surface area contributed by atoms with E-state index in [9.17, 15) is 4.79 Å². The predicted octanol–water partition coefficient (Wildman–Crippen LogP) is 3.12. The number of piperidine rings is 3. The van der Waals surface area contributed by atoms with Crippen LogP contribution in [0.2, 0.25) is 0 Å². The lowest BCUT2D eigenvalue weighted by Crippen LogP contribution is -2.57. The Bertz CT molecular complexity index is 627. The maximum atomic E-state index is 12.2. The molecular weight excluding hydrogens is 282 g/mol. The van der Waals surface area contributed by atoms with Crippen molar-refractivity contribution in [1.29, 1.82) is 0 Å². The lowest BCUT2D eigenvalue weighted by Gasteiger charge is -2.44. The summed E-state index contributed by atoms with van der Waals surface area (Å²) in [6.45, 7) is 3.39. The normalized spacial score (nSPS) is 27.7. The Morgan fingerprint density at radius 2 is 2.05 bits per heavy atom. The van der Waals surface area contributed by atoms with Crippen LogP contribution < -0.4 is 10.6 Å². The number of rotatable bonds is 2. The van der Waals surface area contributed by atoms with Crippen molar-refractivity contribution in [3.63, 3.8) is 0 Å². The smallest absolute Gasteiger partial charge is 0.320 e. The van der Waals surface area contributed by atoms with E-state index < -0.39 is 0 Å². The molecule has 0 radical (unpaired) electrons. The molecule has 3 saturated heterocycles. The Labute approximate surface area is 128 Å². The van der Waals surface area contributed by atoms with Crippen LogP contribution in [0, 0.1) is 5.92 Å². The second kappa shape index (κ2) is 5.31. The van der Waals surface area contributed by atoms with Crippen molar-refractivity contribution in [2.24, 2.45) is 5.92 Å². The summed E-state index contributed by atoms with van der Waals surface area (Å²) in [5.74, 6) is 0.656. The lowest BCUT2D eigenvalue weighted by molar-refractivity contribution is 0.0777. The van der Waals surface area contributed by atoms with E-state index in [1.807, 2.05) is 18.2 Å². The zero-order valence-electron chi connectivity index (χ0n) is 11.8. The van der Waals surface area contributed by atoms with Gasteiger partial charge in [-0.05, 0) is 49.4 Å². The fraction of sp³-hybridized carbons (Fsp3) is 0.438. The summed E-state index contributed by atoms with van der Waals surface area (Å²) in [5.41, 5.74) is 0. The van der Waals surface area contributed by atoms with Crippen molar-refractivity contribution in [2.75, 3.05) is 25.0 Å². The standard InChI is InChI=1S/C16H19N3OS/c20-16(17-13-10-19-7-5-11(13)6-8-19)18-15-9-12-3-1-2-4-14(12)21-15/h1-4,9,11,13H,5-8,10H2,(H2,17,18,20)/t13-/m0/s1. The van der Waals surface area contributed by atoms with Gasteiger partial charge in [-0.15, -0.1) is 11.3 Å². The minimum absolute atomic E-state index is 0.0692. The van der Waals surface area contributed by atoms with Crippen molar-refractivity contribution < 1.29 is 4.79 Å². The highest BCUT2D eigenvalue weighted by Crippen LogP contribution is 2.30. The summed E-state index contributed by atoms with van der Waals surface area (Å²) in [7, 11) is 0. The van der Waals surface area contributed by atoms with Crippen molar-refractivity contribution in [3.8, 4) is 0 Å². The summed E-state index contributed by atoms with van der Waals surface area (Å²) in [4.78, 5) is 14.6. The van der Waals surface area contributed by atoms with Crippen LogP contribution in [0.15, 0.2) is 30.3 Å². The van der Waals surface area contributed by atoms with Gasteiger partial charge in [0.25, 0.3) is 0 Å². The highest BCUT2D eigenvalue weighted by atomic mass is 32.1. The maximum absolute atomic E-state index is 12.2. The molecule has 4 nitrogen and oxygen atoms in total. The molecule has 0 unspecified atom stereocenters. The van der Waals surface area contributed by atoms with Gasteiger partial charge < -0.3 is 10.2 Å². The molecule has 0 aliphatic carbocycles. The topological polar surface area (TPSA) is 44.4 Å². The summed E-state index contributed by atoms with van der Waals surface area (Å²) in [6.07, 6.45) is 2.43. The van der Waals surface area contributed by atoms with E-state index in [1.165, 1.54) is 36.0 Å². The van der Waals surface area contributed by atoms with E-state index in [4.69, 9.17) is 0 Å². The van der Waals surface area contributed by atoms with E-state index in [0.29, 0.717) is 12.0 Å². The Morgan fingerprint density at radius 1 is 1.24 bits per heavy atom. The Kier molecular flexibility index (Phi) is 3.31. The Morgan fingerprint density at radius 3 is 2.76 bits per heavy atom. The molecular formula is C16H19N3OS. The number of fused-ring (bicyclic) bond motifs is 4. The average molecular weight is 301 g/mol. The molecule has 5 heteroatoms. The van der Waals surface area contributed by atoms with Gasteiger partial charge in [-0.2, -0.15) is 0 Å². The molecule has 110 valence electrons. The third kappa shape index (κ3) is 2.63. The van der Waals surface area contributed by atoms with Crippen LogP contribution in [-0.2, 0) is 0 Å². The minimum Gasteiger partial charge on any atom is -0.334 e. The number of benzene rings is 1.